The molecule has 1 atom stereocenters. The van der Waals surface area contributed by atoms with Gasteiger partial charge in [0.2, 0.25) is 0 Å². The number of rotatable bonds is 6. The first-order valence-electron chi connectivity index (χ1n) is 10.4. The van der Waals surface area contributed by atoms with Crippen LogP contribution in [0.15, 0.2) is 58.5 Å². The topological polar surface area (TPSA) is 162 Å². The zero-order chi connectivity index (χ0) is 26.1. The number of aryl methyl sites for hydroxylation is 1. The van der Waals surface area contributed by atoms with Gasteiger partial charge in [0.1, 0.15) is 17.7 Å². The van der Waals surface area contributed by atoms with E-state index in [2.05, 4.69) is 15.3 Å². The molecule has 0 aliphatic rings. The van der Waals surface area contributed by atoms with Crippen LogP contribution < -0.4 is 22.3 Å². The summed E-state index contributed by atoms with van der Waals surface area (Å²) < 4.78 is 29.9. The van der Waals surface area contributed by atoms with E-state index in [0.717, 1.165) is 4.57 Å². The molecule has 0 aliphatic carbocycles. The van der Waals surface area contributed by atoms with Gasteiger partial charge in [-0.1, -0.05) is 0 Å². The van der Waals surface area contributed by atoms with Crippen molar-refractivity contribution < 1.29 is 23.5 Å². The maximum absolute atomic E-state index is 14.0. The van der Waals surface area contributed by atoms with E-state index in [4.69, 9.17) is 5.73 Å². The monoisotopic (exact) mass is 496 g/mol. The summed E-state index contributed by atoms with van der Waals surface area (Å²) in [6.45, 7) is 0. The van der Waals surface area contributed by atoms with Crippen molar-refractivity contribution in [2.75, 3.05) is 5.73 Å². The summed E-state index contributed by atoms with van der Waals surface area (Å²) in [4.78, 5) is 57.7. The number of carbonyl (C=O) groups is 2. The summed E-state index contributed by atoms with van der Waals surface area (Å²) in [5.41, 5.74) is 3.50. The zero-order valence-corrected chi connectivity index (χ0v) is 18.6. The lowest BCUT2D eigenvalue weighted by Gasteiger charge is -2.15. The van der Waals surface area contributed by atoms with E-state index in [1.807, 2.05) is 0 Å². The van der Waals surface area contributed by atoms with Crippen LogP contribution in [0.3, 0.4) is 0 Å². The summed E-state index contributed by atoms with van der Waals surface area (Å²) in [6.07, 6.45) is 3.71. The molecule has 13 heteroatoms. The molecule has 4 rings (SSSR count). The maximum Gasteiger partial charge on any atom is 0.335 e. The summed E-state index contributed by atoms with van der Waals surface area (Å²) in [6, 6.07) is 3.90. The van der Waals surface area contributed by atoms with Gasteiger partial charge >= 0.3 is 11.7 Å². The first kappa shape index (κ1) is 24.2. The van der Waals surface area contributed by atoms with Gasteiger partial charge < -0.3 is 16.2 Å². The molecule has 0 saturated carbocycles. The fraction of sp³-hybridized carbons (Fsp3) is 0.130. The average Bonchev–Trinajstić information content (AvgIpc) is 2.85. The van der Waals surface area contributed by atoms with Crippen molar-refractivity contribution in [2.24, 2.45) is 7.05 Å². The van der Waals surface area contributed by atoms with Gasteiger partial charge in [0.25, 0.3) is 11.5 Å². The Bertz CT molecular complexity index is 1630. The van der Waals surface area contributed by atoms with Crippen LogP contribution in [0, 0.1) is 11.6 Å². The number of hydrogen-bond donors (Lipinski definition) is 3. The number of carboxylic acid groups (broad SMARTS) is 1. The Morgan fingerprint density at radius 3 is 2.56 bits per heavy atom. The van der Waals surface area contributed by atoms with Crippen LogP contribution in [0.5, 0.6) is 0 Å². The highest BCUT2D eigenvalue weighted by atomic mass is 19.1. The molecule has 3 heterocycles. The average molecular weight is 496 g/mol. The van der Waals surface area contributed by atoms with Crippen molar-refractivity contribution in [3.8, 4) is 5.69 Å². The Morgan fingerprint density at radius 1 is 1.14 bits per heavy atom. The number of anilines is 1. The lowest BCUT2D eigenvalue weighted by Crippen LogP contribution is -2.42. The fourth-order valence-electron chi connectivity index (χ4n) is 3.57. The molecule has 0 saturated heterocycles. The Kier molecular flexibility index (Phi) is 6.29. The molecule has 184 valence electrons. The van der Waals surface area contributed by atoms with Gasteiger partial charge in [-0.05, 0) is 24.3 Å². The van der Waals surface area contributed by atoms with Crippen LogP contribution in [0.25, 0.3) is 16.6 Å². The number of pyridine rings is 2. The number of carboxylic acids is 1. The third-order valence-corrected chi connectivity index (χ3v) is 5.49. The van der Waals surface area contributed by atoms with Crippen LogP contribution in [0.2, 0.25) is 0 Å². The molecule has 0 spiro atoms. The molecule has 0 unspecified atom stereocenters. The van der Waals surface area contributed by atoms with Gasteiger partial charge in [-0.2, -0.15) is 0 Å². The van der Waals surface area contributed by atoms with Crippen molar-refractivity contribution in [3.63, 3.8) is 0 Å². The highest BCUT2D eigenvalue weighted by Crippen LogP contribution is 2.17. The maximum atomic E-state index is 14.0. The predicted octanol–water partition coefficient (Wildman–Crippen LogP) is 0.765. The quantitative estimate of drug-likeness (QED) is 0.330. The highest BCUT2D eigenvalue weighted by molar-refractivity contribution is 5.97. The normalized spacial score (nSPS) is 11.9. The number of hydrogen-bond acceptors (Lipinski definition) is 7. The number of nitrogens with two attached hydrogens (primary N) is 1. The summed E-state index contributed by atoms with van der Waals surface area (Å²) in [5, 5.41) is 11.9. The molecular formula is C23H18F2N6O5. The molecular weight excluding hydrogens is 478 g/mol. The number of aromatic nitrogens is 4. The molecule has 11 nitrogen and oxygen atoms in total. The van der Waals surface area contributed by atoms with Crippen LogP contribution in [0.1, 0.15) is 16.1 Å². The van der Waals surface area contributed by atoms with Crippen molar-refractivity contribution in [3.05, 3.63) is 92.7 Å². The minimum atomic E-state index is -1.54. The molecule has 36 heavy (non-hydrogen) atoms. The fourth-order valence-corrected chi connectivity index (χ4v) is 3.57. The van der Waals surface area contributed by atoms with Crippen LogP contribution in [0.4, 0.5) is 14.5 Å². The predicted molar refractivity (Wildman–Crippen MR) is 124 cm³/mol. The number of halogens is 2. The van der Waals surface area contributed by atoms with Crippen molar-refractivity contribution in [1.82, 2.24) is 24.4 Å². The molecule has 0 radical (unpaired) electrons. The molecule has 3 aromatic heterocycles. The third-order valence-electron chi connectivity index (χ3n) is 5.49. The van der Waals surface area contributed by atoms with Gasteiger partial charge in [-0.25, -0.2) is 22.9 Å². The molecule has 0 bridgehead atoms. The number of benzene rings is 1. The second-order valence-electron chi connectivity index (χ2n) is 7.80. The van der Waals surface area contributed by atoms with Gasteiger partial charge in [0, 0.05) is 31.4 Å². The van der Waals surface area contributed by atoms with Crippen LogP contribution >= 0.6 is 0 Å². The second-order valence-corrected chi connectivity index (χ2v) is 7.80. The highest BCUT2D eigenvalue weighted by Gasteiger charge is 2.24. The number of amides is 1. The smallest absolute Gasteiger partial charge is 0.335 e. The Morgan fingerprint density at radius 2 is 1.89 bits per heavy atom. The molecule has 0 fully saturated rings. The zero-order valence-electron chi connectivity index (χ0n) is 18.6. The van der Waals surface area contributed by atoms with Crippen molar-refractivity contribution in [2.45, 2.75) is 12.5 Å². The Balaban J connectivity index is 1.60. The Hall–Kier alpha value is -4.94. The standard InChI is InChI=1S/C23H18F2N6O5/c1-30-19-10-27-5-4-13(19)21(33)31(23(30)36)12-3-2-11(28-9-12)6-18(22(34)35)29-20(32)14-7-16(25)17(26)8-15(14)24/h2-5,7-10,18H,6,26H2,1H3,(H,29,32)(H,34,35)/t18-/m0/s1. The van der Waals surface area contributed by atoms with Crippen LogP contribution in [-0.2, 0) is 18.3 Å². The van der Waals surface area contributed by atoms with Gasteiger partial charge in [0.05, 0.1) is 40.2 Å². The number of aliphatic carboxylic acids is 1. The molecule has 1 amide bonds. The van der Waals surface area contributed by atoms with Crippen LogP contribution in [-0.4, -0.2) is 42.1 Å². The molecule has 4 aromatic rings. The minimum Gasteiger partial charge on any atom is -0.480 e. The van der Waals surface area contributed by atoms with E-state index in [0.29, 0.717) is 17.6 Å². The van der Waals surface area contributed by atoms with E-state index in [9.17, 15) is 33.1 Å². The summed E-state index contributed by atoms with van der Waals surface area (Å²) in [5.74, 6) is -4.75. The first-order valence-corrected chi connectivity index (χ1v) is 10.4. The first-order chi connectivity index (χ1) is 17.1. The third kappa shape index (κ3) is 4.41. The number of nitrogen functional groups attached to an aromatic ring is 1. The lowest BCUT2D eigenvalue weighted by atomic mass is 10.1. The lowest BCUT2D eigenvalue weighted by molar-refractivity contribution is -0.139. The molecule has 1 aromatic carbocycles. The number of fused-ring (bicyclic) bond motifs is 1. The van der Waals surface area contributed by atoms with E-state index in [1.165, 1.54) is 48.4 Å². The number of carbonyl (C=O) groups excluding carboxylic acids is 1. The van der Waals surface area contributed by atoms with E-state index in [1.54, 1.807) is 0 Å². The largest absolute Gasteiger partial charge is 0.480 e. The number of nitrogens with zero attached hydrogens (tertiary/aromatic N) is 4. The number of nitrogens with one attached hydrogen (secondary N) is 1. The van der Waals surface area contributed by atoms with E-state index < -0.39 is 52.1 Å². The Labute approximate surface area is 200 Å². The van der Waals surface area contributed by atoms with E-state index in [-0.39, 0.29) is 23.2 Å². The molecule has 0 aliphatic heterocycles. The summed E-state index contributed by atoms with van der Waals surface area (Å²) >= 11 is 0. The van der Waals surface area contributed by atoms with Gasteiger partial charge in [0.15, 0.2) is 0 Å². The van der Waals surface area contributed by atoms with Crippen molar-refractivity contribution >= 4 is 28.5 Å². The summed E-state index contributed by atoms with van der Waals surface area (Å²) in [7, 11) is 1.49. The van der Waals surface area contributed by atoms with Gasteiger partial charge in [-0.15, -0.1) is 0 Å². The molecule has 4 N–H and O–H groups in total. The second kappa shape index (κ2) is 9.37. The SMILES string of the molecule is Cn1c(=O)n(-c2ccc(C[C@H](NC(=O)c3cc(F)c(N)cc3F)C(=O)O)nc2)c(=O)c2ccncc21. The van der Waals surface area contributed by atoms with Gasteiger partial charge in [-0.3, -0.25) is 24.1 Å². The van der Waals surface area contributed by atoms with E-state index >= 15 is 0 Å². The van der Waals surface area contributed by atoms with Crippen molar-refractivity contribution in [1.29, 1.82) is 0 Å². The minimum absolute atomic E-state index is 0.137.